The monoisotopic (exact) mass is 218 g/mol. The van der Waals surface area contributed by atoms with Gasteiger partial charge in [0, 0.05) is 18.8 Å². The van der Waals surface area contributed by atoms with E-state index in [1.807, 2.05) is 0 Å². The van der Waals surface area contributed by atoms with Gasteiger partial charge < -0.3 is 10.6 Å². The summed E-state index contributed by atoms with van der Waals surface area (Å²) >= 11 is 0. The summed E-state index contributed by atoms with van der Waals surface area (Å²) in [5.41, 5.74) is 2.40. The predicted octanol–water partition coefficient (Wildman–Crippen LogP) is 1.03. The standard InChI is InChI=1S/C12H16N3O/c16-9-13-7-2-4-11-6-5-10-3-1-8-14-12(10)15-11/h5-6H,1-4,7-8H2,(H,13,16)(H,14,15). The summed E-state index contributed by atoms with van der Waals surface area (Å²) in [7, 11) is 0. The zero-order chi connectivity index (χ0) is 11.2. The fourth-order valence-corrected chi connectivity index (χ4v) is 1.92. The van der Waals surface area contributed by atoms with Crippen molar-refractivity contribution in [2.45, 2.75) is 25.7 Å². The summed E-state index contributed by atoms with van der Waals surface area (Å²) in [5, 5.41) is 5.85. The molecule has 85 valence electrons. The fourth-order valence-electron chi connectivity index (χ4n) is 1.92. The second kappa shape index (κ2) is 5.49. The van der Waals surface area contributed by atoms with Gasteiger partial charge in [-0.1, -0.05) is 6.07 Å². The van der Waals surface area contributed by atoms with Gasteiger partial charge in [-0.05, 0) is 37.3 Å². The molecule has 1 aliphatic rings. The van der Waals surface area contributed by atoms with Crippen molar-refractivity contribution in [2.75, 3.05) is 18.4 Å². The van der Waals surface area contributed by atoms with Crippen molar-refractivity contribution in [3.05, 3.63) is 23.4 Å². The Morgan fingerprint density at radius 2 is 2.44 bits per heavy atom. The third kappa shape index (κ3) is 2.72. The summed E-state index contributed by atoms with van der Waals surface area (Å²) in [6.45, 7) is 1.68. The van der Waals surface area contributed by atoms with E-state index in [0.29, 0.717) is 6.54 Å². The molecule has 1 aromatic heterocycles. The van der Waals surface area contributed by atoms with Crippen molar-refractivity contribution in [1.29, 1.82) is 0 Å². The highest BCUT2D eigenvalue weighted by molar-refractivity contribution is 5.47. The molecule has 2 heterocycles. The van der Waals surface area contributed by atoms with Crippen molar-refractivity contribution < 1.29 is 4.79 Å². The van der Waals surface area contributed by atoms with Crippen LogP contribution >= 0.6 is 0 Å². The van der Waals surface area contributed by atoms with Gasteiger partial charge in [0.1, 0.15) is 5.82 Å². The Bertz CT molecular complexity index is 365. The van der Waals surface area contributed by atoms with Crippen molar-refractivity contribution in [1.82, 2.24) is 10.3 Å². The highest BCUT2D eigenvalue weighted by atomic mass is 16.1. The number of rotatable bonds is 5. The number of hydrogen-bond donors (Lipinski definition) is 2. The van der Waals surface area contributed by atoms with Crippen LogP contribution in [-0.2, 0) is 17.6 Å². The van der Waals surface area contributed by atoms with E-state index in [2.05, 4.69) is 27.8 Å². The lowest BCUT2D eigenvalue weighted by atomic mass is 10.1. The lowest BCUT2D eigenvalue weighted by molar-refractivity contribution is 0.540. The van der Waals surface area contributed by atoms with Crippen LogP contribution in [0.15, 0.2) is 12.1 Å². The minimum absolute atomic E-state index is 0.662. The molecule has 16 heavy (non-hydrogen) atoms. The van der Waals surface area contributed by atoms with E-state index in [1.165, 1.54) is 12.0 Å². The second-order valence-corrected chi connectivity index (χ2v) is 3.97. The normalized spacial score (nSPS) is 13.8. The first-order valence-electron chi connectivity index (χ1n) is 5.73. The number of anilines is 1. The summed E-state index contributed by atoms with van der Waals surface area (Å²) in [6, 6.07) is 4.24. The number of hydrogen-bond acceptors (Lipinski definition) is 3. The van der Waals surface area contributed by atoms with Crippen LogP contribution in [0.1, 0.15) is 24.1 Å². The molecule has 2 N–H and O–H groups in total. The van der Waals surface area contributed by atoms with Crippen molar-refractivity contribution >= 4 is 12.2 Å². The number of aryl methyl sites for hydroxylation is 2. The third-order valence-corrected chi connectivity index (χ3v) is 2.76. The number of fused-ring (bicyclic) bond motifs is 1. The maximum absolute atomic E-state index is 9.95. The van der Waals surface area contributed by atoms with Gasteiger partial charge in [-0.15, -0.1) is 0 Å². The van der Waals surface area contributed by atoms with Crippen molar-refractivity contribution in [3.8, 4) is 0 Å². The number of nitrogens with one attached hydrogen (secondary N) is 2. The first-order valence-corrected chi connectivity index (χ1v) is 5.73. The molecule has 1 aromatic rings. The average Bonchev–Trinajstić information content (AvgIpc) is 2.34. The molecular weight excluding hydrogens is 202 g/mol. The fraction of sp³-hybridized carbons (Fsp3) is 0.500. The number of nitrogens with zero attached hydrogens (tertiary/aromatic N) is 1. The Labute approximate surface area is 95.5 Å². The second-order valence-electron chi connectivity index (χ2n) is 3.97. The molecule has 4 heteroatoms. The summed E-state index contributed by atoms with van der Waals surface area (Å²) < 4.78 is 0. The Balaban J connectivity index is 1.92. The maximum atomic E-state index is 9.95. The smallest absolute Gasteiger partial charge is 0.309 e. The van der Waals surface area contributed by atoms with E-state index in [1.54, 1.807) is 6.41 Å². The van der Waals surface area contributed by atoms with E-state index in [0.717, 1.165) is 37.3 Å². The van der Waals surface area contributed by atoms with E-state index in [-0.39, 0.29) is 0 Å². The van der Waals surface area contributed by atoms with Gasteiger partial charge in [-0.3, -0.25) is 4.79 Å². The number of amides is 1. The van der Waals surface area contributed by atoms with E-state index in [4.69, 9.17) is 0 Å². The van der Waals surface area contributed by atoms with Crippen LogP contribution < -0.4 is 10.6 Å². The molecule has 0 bridgehead atoms. The van der Waals surface area contributed by atoms with Crippen molar-refractivity contribution in [3.63, 3.8) is 0 Å². The summed E-state index contributed by atoms with van der Waals surface area (Å²) in [4.78, 5) is 14.5. The number of carbonyl (C=O) groups excluding carboxylic acids is 1. The molecule has 4 nitrogen and oxygen atoms in total. The molecule has 0 saturated carbocycles. The molecule has 0 unspecified atom stereocenters. The molecule has 0 fully saturated rings. The largest absolute Gasteiger partial charge is 0.370 e. The van der Waals surface area contributed by atoms with Crippen LogP contribution in [-0.4, -0.2) is 24.5 Å². The minimum Gasteiger partial charge on any atom is -0.370 e. The van der Waals surface area contributed by atoms with Gasteiger partial charge in [0.2, 0.25) is 0 Å². The Morgan fingerprint density at radius 3 is 3.31 bits per heavy atom. The van der Waals surface area contributed by atoms with Gasteiger partial charge in [0.05, 0.1) is 0 Å². The molecular formula is C12H16N3O. The van der Waals surface area contributed by atoms with Crippen LogP contribution in [0.25, 0.3) is 0 Å². The summed E-state index contributed by atoms with van der Waals surface area (Å²) in [6.07, 6.45) is 5.78. The van der Waals surface area contributed by atoms with Gasteiger partial charge in [-0.2, -0.15) is 0 Å². The Morgan fingerprint density at radius 1 is 1.50 bits per heavy atom. The molecule has 2 rings (SSSR count). The predicted molar refractivity (Wildman–Crippen MR) is 63.1 cm³/mol. The lowest BCUT2D eigenvalue weighted by Gasteiger charge is -2.17. The van der Waals surface area contributed by atoms with E-state index in [9.17, 15) is 4.79 Å². The Hall–Kier alpha value is -1.58. The minimum atomic E-state index is 0.662. The lowest BCUT2D eigenvalue weighted by Crippen LogP contribution is -2.15. The Kier molecular flexibility index (Phi) is 3.75. The van der Waals surface area contributed by atoms with Crippen molar-refractivity contribution in [2.24, 2.45) is 0 Å². The highest BCUT2D eigenvalue weighted by Gasteiger charge is 2.09. The SMILES string of the molecule is O=[C]NCCCc1ccc2c(n1)NCCC2. The van der Waals surface area contributed by atoms with E-state index < -0.39 is 0 Å². The summed E-state index contributed by atoms with van der Waals surface area (Å²) in [5.74, 6) is 1.04. The topological polar surface area (TPSA) is 54.0 Å². The molecule has 1 amide bonds. The van der Waals surface area contributed by atoms with Gasteiger partial charge in [0.25, 0.3) is 0 Å². The van der Waals surface area contributed by atoms with Crippen LogP contribution in [0.2, 0.25) is 0 Å². The third-order valence-electron chi connectivity index (χ3n) is 2.76. The molecule has 0 aromatic carbocycles. The first-order chi connectivity index (χ1) is 7.90. The zero-order valence-electron chi connectivity index (χ0n) is 9.25. The first kappa shape index (κ1) is 10.9. The number of aromatic nitrogens is 1. The molecule has 0 aliphatic carbocycles. The van der Waals surface area contributed by atoms with Crippen LogP contribution in [0, 0.1) is 0 Å². The molecule has 0 atom stereocenters. The average molecular weight is 218 g/mol. The van der Waals surface area contributed by atoms with E-state index >= 15 is 0 Å². The van der Waals surface area contributed by atoms with Crippen LogP contribution in [0.4, 0.5) is 5.82 Å². The zero-order valence-corrected chi connectivity index (χ0v) is 9.25. The van der Waals surface area contributed by atoms with Crippen LogP contribution in [0.5, 0.6) is 0 Å². The molecule has 0 spiro atoms. The quantitative estimate of drug-likeness (QED) is 0.573. The highest BCUT2D eigenvalue weighted by Crippen LogP contribution is 2.19. The molecule has 1 radical (unpaired) electrons. The molecule has 1 aliphatic heterocycles. The van der Waals surface area contributed by atoms with Crippen LogP contribution in [0.3, 0.4) is 0 Å². The molecule has 0 saturated heterocycles. The van der Waals surface area contributed by atoms with Gasteiger partial charge in [-0.25, -0.2) is 4.98 Å². The van der Waals surface area contributed by atoms with Gasteiger partial charge in [0.15, 0.2) is 0 Å². The van der Waals surface area contributed by atoms with Gasteiger partial charge >= 0.3 is 6.41 Å². The number of pyridine rings is 1. The maximum Gasteiger partial charge on any atom is 0.309 e.